The zero-order valence-electron chi connectivity index (χ0n) is 19.0. The Morgan fingerprint density at radius 2 is 1.91 bits per heavy atom. The predicted molar refractivity (Wildman–Crippen MR) is 129 cm³/mol. The Kier molecular flexibility index (Phi) is 6.53. The van der Waals surface area contributed by atoms with Gasteiger partial charge in [-0.2, -0.15) is 4.91 Å². The van der Waals surface area contributed by atoms with Crippen molar-refractivity contribution in [3.8, 4) is 5.75 Å². The molecule has 2 aromatic carbocycles. The minimum Gasteiger partial charge on any atom is -0.488 e. The summed E-state index contributed by atoms with van der Waals surface area (Å²) in [6.07, 6.45) is 2.26. The lowest BCUT2D eigenvalue weighted by molar-refractivity contribution is 0.0118. The van der Waals surface area contributed by atoms with Crippen molar-refractivity contribution < 1.29 is 9.57 Å². The minimum atomic E-state index is -0.0178. The van der Waals surface area contributed by atoms with E-state index in [0.717, 1.165) is 67.4 Å². The van der Waals surface area contributed by atoms with Gasteiger partial charge in [0.25, 0.3) is 0 Å². The lowest BCUT2D eigenvalue weighted by Crippen LogP contribution is -2.49. The number of hydrogen-bond donors (Lipinski definition) is 1. The van der Waals surface area contributed by atoms with Gasteiger partial charge in [-0.05, 0) is 30.2 Å². The van der Waals surface area contributed by atoms with Crippen molar-refractivity contribution in [2.24, 2.45) is 5.18 Å². The molecule has 0 amide bonds. The predicted octanol–water partition coefficient (Wildman–Crippen LogP) is 3.68. The van der Waals surface area contributed by atoms with E-state index in [0.29, 0.717) is 6.61 Å². The van der Waals surface area contributed by atoms with E-state index in [9.17, 15) is 4.91 Å². The van der Waals surface area contributed by atoms with Gasteiger partial charge in [0.15, 0.2) is 0 Å². The van der Waals surface area contributed by atoms with Crippen LogP contribution in [-0.2, 0) is 11.4 Å². The number of fused-ring (bicyclic) bond motifs is 2. The zero-order chi connectivity index (χ0) is 22.6. The molecule has 0 aliphatic carbocycles. The number of nitrogens with one attached hydrogen (secondary N) is 1. The number of nitroso groups, excluding NO2 is 1. The van der Waals surface area contributed by atoms with Gasteiger partial charge in [-0.1, -0.05) is 53.2 Å². The second-order valence-electron chi connectivity index (χ2n) is 8.99. The van der Waals surface area contributed by atoms with E-state index in [4.69, 9.17) is 9.57 Å². The smallest absolute Gasteiger partial charge is 0.129 e. The van der Waals surface area contributed by atoms with Crippen LogP contribution in [0.25, 0.3) is 11.8 Å². The molecule has 1 atom stereocenters. The summed E-state index contributed by atoms with van der Waals surface area (Å²) in [6.45, 7) is 8.89. The lowest BCUT2D eigenvalue weighted by Gasteiger charge is -2.36. The van der Waals surface area contributed by atoms with E-state index in [-0.39, 0.29) is 12.6 Å². The number of ether oxygens (including phenoxy) is 1. The summed E-state index contributed by atoms with van der Waals surface area (Å²) in [5, 5.41) is 2.97. The van der Waals surface area contributed by atoms with Gasteiger partial charge in [-0.25, -0.2) is 0 Å². The average Bonchev–Trinajstić information content (AvgIpc) is 3.24. The molecule has 7 heteroatoms. The van der Waals surface area contributed by atoms with Gasteiger partial charge in [0.05, 0.1) is 5.70 Å². The maximum Gasteiger partial charge on any atom is 0.129 e. The molecule has 3 heterocycles. The number of benzene rings is 2. The molecule has 3 aliphatic rings. The molecule has 0 saturated carbocycles. The molecular formula is C26H30N4O3. The van der Waals surface area contributed by atoms with E-state index in [1.165, 1.54) is 11.1 Å². The average molecular weight is 447 g/mol. The summed E-state index contributed by atoms with van der Waals surface area (Å²) in [6, 6.07) is 16.3. The molecule has 2 aromatic rings. The van der Waals surface area contributed by atoms with E-state index in [1.54, 1.807) is 0 Å². The summed E-state index contributed by atoms with van der Waals surface area (Å²) in [4.78, 5) is 21.5. The van der Waals surface area contributed by atoms with Gasteiger partial charge in [-0.3, -0.25) is 20.1 Å². The monoisotopic (exact) mass is 446 g/mol. The first-order chi connectivity index (χ1) is 16.2. The maximum atomic E-state index is 10.6. The van der Waals surface area contributed by atoms with Crippen molar-refractivity contribution in [3.05, 3.63) is 81.3 Å². The van der Waals surface area contributed by atoms with Crippen LogP contribution in [0.4, 0.5) is 0 Å². The van der Waals surface area contributed by atoms with Crippen LogP contribution in [0.5, 0.6) is 5.75 Å². The summed E-state index contributed by atoms with van der Waals surface area (Å²) in [5.74, 6) is 0.777. The Bertz CT molecular complexity index is 1060. The lowest BCUT2D eigenvalue weighted by atomic mass is 9.99. The van der Waals surface area contributed by atoms with Crippen molar-refractivity contribution in [1.29, 1.82) is 0 Å². The van der Waals surface area contributed by atoms with Crippen LogP contribution in [0.2, 0.25) is 0 Å². The molecule has 1 fully saturated rings. The first kappa shape index (κ1) is 21.8. The van der Waals surface area contributed by atoms with E-state index in [2.05, 4.69) is 63.8 Å². The van der Waals surface area contributed by atoms with Crippen LogP contribution >= 0.6 is 0 Å². The van der Waals surface area contributed by atoms with E-state index >= 15 is 0 Å². The van der Waals surface area contributed by atoms with Crippen LogP contribution in [-0.4, -0.2) is 61.8 Å². The molecule has 33 heavy (non-hydrogen) atoms. The summed E-state index contributed by atoms with van der Waals surface area (Å²) in [5.41, 5.74) is 9.79. The highest BCUT2D eigenvalue weighted by molar-refractivity contribution is 5.75. The highest BCUT2D eigenvalue weighted by Gasteiger charge is 2.34. The highest BCUT2D eigenvalue weighted by atomic mass is 16.7. The first-order valence-electron chi connectivity index (χ1n) is 11.6. The molecule has 172 valence electrons. The van der Waals surface area contributed by atoms with Crippen LogP contribution < -0.4 is 10.2 Å². The van der Waals surface area contributed by atoms with Crippen LogP contribution in [0.15, 0.2) is 64.9 Å². The molecule has 1 N–H and O–H groups in total. The quantitative estimate of drug-likeness (QED) is 0.655. The molecule has 1 unspecified atom stereocenters. The van der Waals surface area contributed by atoms with Crippen LogP contribution in [0.1, 0.15) is 23.6 Å². The van der Waals surface area contributed by atoms with Crippen molar-refractivity contribution >= 4 is 11.8 Å². The van der Waals surface area contributed by atoms with Gasteiger partial charge in [-0.15, -0.1) is 0 Å². The largest absolute Gasteiger partial charge is 0.488 e. The summed E-state index contributed by atoms with van der Waals surface area (Å²) >= 11 is 0. The highest BCUT2D eigenvalue weighted by Crippen LogP contribution is 2.37. The molecule has 3 aliphatic heterocycles. The van der Waals surface area contributed by atoms with Gasteiger partial charge in [0.2, 0.25) is 0 Å². The number of hydroxylamine groups is 1. The fraction of sp³-hybridized carbons (Fsp3) is 0.385. The molecular weight excluding hydrogens is 416 g/mol. The molecule has 7 nitrogen and oxygen atoms in total. The Morgan fingerprint density at radius 3 is 2.70 bits per heavy atom. The Hall–Kier alpha value is -3.00. The molecule has 5 rings (SSSR count). The molecule has 0 spiro atoms. The topological polar surface area (TPSA) is 66.4 Å². The fourth-order valence-corrected chi connectivity index (χ4v) is 4.79. The van der Waals surface area contributed by atoms with Gasteiger partial charge < -0.3 is 4.74 Å². The molecule has 0 aromatic heterocycles. The minimum absolute atomic E-state index is 0.0178. The maximum absolute atomic E-state index is 10.6. The summed E-state index contributed by atoms with van der Waals surface area (Å²) < 4.78 is 6.00. The number of piperazine rings is 1. The van der Waals surface area contributed by atoms with Gasteiger partial charge in [0, 0.05) is 50.4 Å². The number of nitrogens with zero attached hydrogens (tertiary/aromatic N) is 3. The Labute approximate surface area is 194 Å². The molecule has 0 radical (unpaired) electrons. The molecule has 1 saturated heterocycles. The van der Waals surface area contributed by atoms with Crippen molar-refractivity contribution in [2.45, 2.75) is 19.6 Å². The molecule has 0 bridgehead atoms. The summed E-state index contributed by atoms with van der Waals surface area (Å²) in [7, 11) is 0. The Balaban J connectivity index is 1.16. The zero-order valence-corrected chi connectivity index (χ0v) is 19.0. The van der Waals surface area contributed by atoms with Crippen molar-refractivity contribution in [2.75, 3.05) is 45.9 Å². The van der Waals surface area contributed by atoms with Crippen LogP contribution in [0.3, 0.4) is 0 Å². The SMILES string of the molecule is CC(=Cc1ccccc1)CN1CCN(CC2ONC3=C2COc2cc(CN=O)ccc23)CC1. The number of hydrogen-bond acceptors (Lipinski definition) is 7. The van der Waals surface area contributed by atoms with Crippen LogP contribution in [0, 0.1) is 4.91 Å². The third-order valence-electron chi connectivity index (χ3n) is 6.53. The second-order valence-corrected chi connectivity index (χ2v) is 8.99. The van der Waals surface area contributed by atoms with Crippen molar-refractivity contribution in [1.82, 2.24) is 15.3 Å². The Morgan fingerprint density at radius 1 is 1.12 bits per heavy atom. The third-order valence-corrected chi connectivity index (χ3v) is 6.53. The second kappa shape index (κ2) is 9.87. The van der Waals surface area contributed by atoms with E-state index < -0.39 is 0 Å². The van der Waals surface area contributed by atoms with E-state index in [1.807, 2.05) is 18.2 Å². The fourth-order valence-electron chi connectivity index (χ4n) is 4.79. The normalized spacial score (nSPS) is 21.2. The standard InChI is InChI=1S/C26H30N4O3/c1-19(13-20-5-3-2-4-6-20)16-29-9-11-30(12-10-29)17-25-23-18-32-24-14-21(15-27-31)7-8-22(24)26(23)28-33-25/h2-8,13-14,25,28H,9-12,15-18H2,1H3. The van der Waals surface area contributed by atoms with Crippen molar-refractivity contribution in [3.63, 3.8) is 0 Å². The van der Waals surface area contributed by atoms with Gasteiger partial charge in [0.1, 0.15) is 25.0 Å². The number of rotatable bonds is 7. The third kappa shape index (κ3) is 5.00. The first-order valence-corrected chi connectivity index (χ1v) is 11.6. The van der Waals surface area contributed by atoms with Gasteiger partial charge >= 0.3 is 0 Å².